The van der Waals surface area contributed by atoms with E-state index < -0.39 is 0 Å². The molecule has 0 saturated heterocycles. The summed E-state index contributed by atoms with van der Waals surface area (Å²) in [6.07, 6.45) is 3.50. The van der Waals surface area contributed by atoms with Crippen LogP contribution in [0.5, 0.6) is 0 Å². The lowest BCUT2D eigenvalue weighted by Gasteiger charge is -2.01. The summed E-state index contributed by atoms with van der Waals surface area (Å²) in [6, 6.07) is 0. The highest BCUT2D eigenvalue weighted by atomic mass is 32.2. The number of aromatic amines is 1. The summed E-state index contributed by atoms with van der Waals surface area (Å²) in [5.41, 5.74) is -0.115. The molecule has 1 N–H and O–H groups in total. The fourth-order valence-corrected chi connectivity index (χ4v) is 2.48. The van der Waals surface area contributed by atoms with Crippen molar-refractivity contribution in [2.75, 3.05) is 11.5 Å². The summed E-state index contributed by atoms with van der Waals surface area (Å²) < 4.78 is 1.66. The predicted molar refractivity (Wildman–Crippen MR) is 66.9 cm³/mol. The average molecular weight is 247 g/mol. The summed E-state index contributed by atoms with van der Waals surface area (Å²) in [6.45, 7) is 2.62. The number of thioether (sulfide) groups is 1. The molecule has 0 saturated carbocycles. The van der Waals surface area contributed by atoms with Gasteiger partial charge in [-0.25, -0.2) is 9.89 Å². The molecule has 0 amide bonds. The first-order valence-corrected chi connectivity index (χ1v) is 6.80. The van der Waals surface area contributed by atoms with E-state index in [9.17, 15) is 4.79 Å². The molecule has 0 fully saturated rings. The molecule has 1 rings (SSSR count). The first-order valence-electron chi connectivity index (χ1n) is 5.18. The van der Waals surface area contributed by atoms with Crippen molar-refractivity contribution in [3.8, 4) is 0 Å². The molecule has 0 bridgehead atoms. The number of hydrogen-bond donors (Lipinski definition) is 2. The smallest absolute Gasteiger partial charge is 0.270 e. The van der Waals surface area contributed by atoms with Crippen molar-refractivity contribution >= 4 is 24.4 Å². The molecule has 1 heterocycles. The van der Waals surface area contributed by atoms with Crippen LogP contribution < -0.4 is 5.69 Å². The average Bonchev–Trinajstić information content (AvgIpc) is 2.59. The van der Waals surface area contributed by atoms with Gasteiger partial charge in [-0.2, -0.15) is 12.6 Å². The van der Waals surface area contributed by atoms with Gasteiger partial charge in [0.2, 0.25) is 0 Å². The normalized spacial score (nSPS) is 10.8. The summed E-state index contributed by atoms with van der Waals surface area (Å²) >= 11 is 5.80. The highest BCUT2D eigenvalue weighted by Gasteiger charge is 2.05. The maximum Gasteiger partial charge on any atom is 0.343 e. The topological polar surface area (TPSA) is 50.7 Å². The van der Waals surface area contributed by atoms with E-state index in [-0.39, 0.29) is 5.69 Å². The molecular weight excluding hydrogens is 230 g/mol. The highest BCUT2D eigenvalue weighted by molar-refractivity contribution is 7.99. The third-order valence-electron chi connectivity index (χ3n) is 2.07. The van der Waals surface area contributed by atoms with Crippen molar-refractivity contribution in [1.29, 1.82) is 0 Å². The predicted octanol–water partition coefficient (Wildman–Crippen LogP) is 1.78. The first-order chi connectivity index (χ1) is 7.29. The van der Waals surface area contributed by atoms with Gasteiger partial charge in [0.25, 0.3) is 0 Å². The number of H-pyrrole nitrogens is 1. The molecule has 0 aliphatic rings. The van der Waals surface area contributed by atoms with Gasteiger partial charge in [-0.15, -0.1) is 5.10 Å². The Bertz CT molecular complexity index is 334. The number of aromatic nitrogens is 3. The number of nitrogens with zero attached hydrogens (tertiary/aromatic N) is 2. The fourth-order valence-electron chi connectivity index (χ4n) is 1.25. The van der Waals surface area contributed by atoms with Gasteiger partial charge < -0.3 is 0 Å². The summed E-state index contributed by atoms with van der Waals surface area (Å²) in [4.78, 5) is 11.2. The standard InChI is InChI=1S/C9H17N3OS2/c1-2-12-8(13)10-11-9(12)15-7-5-3-4-6-14/h14H,2-7H2,1H3,(H,10,13). The Morgan fingerprint density at radius 1 is 1.47 bits per heavy atom. The maximum atomic E-state index is 11.2. The largest absolute Gasteiger partial charge is 0.343 e. The van der Waals surface area contributed by atoms with Crippen molar-refractivity contribution in [3.05, 3.63) is 10.5 Å². The Morgan fingerprint density at radius 3 is 2.93 bits per heavy atom. The van der Waals surface area contributed by atoms with E-state index in [4.69, 9.17) is 0 Å². The van der Waals surface area contributed by atoms with Gasteiger partial charge in [0.15, 0.2) is 5.16 Å². The lowest BCUT2D eigenvalue weighted by atomic mass is 10.3. The first kappa shape index (κ1) is 12.7. The van der Waals surface area contributed by atoms with Gasteiger partial charge in [0.1, 0.15) is 0 Å². The Morgan fingerprint density at radius 2 is 2.27 bits per heavy atom. The van der Waals surface area contributed by atoms with Gasteiger partial charge in [-0.05, 0) is 25.5 Å². The number of hydrogen-bond acceptors (Lipinski definition) is 4. The van der Waals surface area contributed by atoms with Crippen LogP contribution in [0.25, 0.3) is 0 Å². The van der Waals surface area contributed by atoms with E-state index in [1.54, 1.807) is 16.3 Å². The Balaban J connectivity index is 2.34. The molecule has 0 aliphatic heterocycles. The van der Waals surface area contributed by atoms with Gasteiger partial charge >= 0.3 is 5.69 Å². The van der Waals surface area contributed by atoms with Gasteiger partial charge in [0.05, 0.1) is 0 Å². The minimum Gasteiger partial charge on any atom is -0.270 e. The molecule has 15 heavy (non-hydrogen) atoms. The van der Waals surface area contributed by atoms with E-state index >= 15 is 0 Å². The van der Waals surface area contributed by atoms with Crippen LogP contribution in [0.3, 0.4) is 0 Å². The SMILES string of the molecule is CCn1c(SCCCCCS)n[nH]c1=O. The maximum absolute atomic E-state index is 11.2. The second kappa shape index (κ2) is 7.00. The van der Waals surface area contributed by atoms with Crippen LogP contribution in [-0.2, 0) is 6.54 Å². The minimum absolute atomic E-state index is 0.115. The van der Waals surface area contributed by atoms with Crippen molar-refractivity contribution in [2.45, 2.75) is 37.9 Å². The molecule has 1 aromatic heterocycles. The van der Waals surface area contributed by atoms with Crippen LogP contribution in [0.4, 0.5) is 0 Å². The zero-order valence-corrected chi connectivity index (χ0v) is 10.6. The number of nitrogens with one attached hydrogen (secondary N) is 1. The lowest BCUT2D eigenvalue weighted by molar-refractivity contribution is 0.659. The third-order valence-corrected chi connectivity index (χ3v) is 3.45. The molecule has 0 atom stereocenters. The molecule has 0 unspecified atom stereocenters. The molecule has 1 aromatic rings. The van der Waals surface area contributed by atoms with Gasteiger partial charge in [-0.3, -0.25) is 4.57 Å². The Labute approximate surface area is 99.3 Å². The summed E-state index contributed by atoms with van der Waals surface area (Å²) in [5.74, 6) is 1.96. The lowest BCUT2D eigenvalue weighted by Crippen LogP contribution is -2.16. The zero-order valence-electron chi connectivity index (χ0n) is 8.90. The molecule has 4 nitrogen and oxygen atoms in total. The van der Waals surface area contributed by atoms with E-state index in [1.807, 2.05) is 6.92 Å². The van der Waals surface area contributed by atoms with Crippen LogP contribution in [0.15, 0.2) is 9.95 Å². The summed E-state index contributed by atoms with van der Waals surface area (Å²) in [5, 5.41) is 7.24. The van der Waals surface area contributed by atoms with Crippen LogP contribution in [0.1, 0.15) is 26.2 Å². The van der Waals surface area contributed by atoms with Crippen LogP contribution in [0, 0.1) is 0 Å². The van der Waals surface area contributed by atoms with Crippen molar-refractivity contribution < 1.29 is 0 Å². The highest BCUT2D eigenvalue weighted by Crippen LogP contribution is 2.15. The van der Waals surface area contributed by atoms with Crippen LogP contribution in [0.2, 0.25) is 0 Å². The van der Waals surface area contributed by atoms with E-state index in [1.165, 1.54) is 6.42 Å². The monoisotopic (exact) mass is 247 g/mol. The molecule has 0 aromatic carbocycles. The summed E-state index contributed by atoms with van der Waals surface area (Å²) in [7, 11) is 0. The van der Waals surface area contributed by atoms with Crippen molar-refractivity contribution in [2.24, 2.45) is 0 Å². The van der Waals surface area contributed by atoms with E-state index in [0.717, 1.165) is 29.5 Å². The number of unbranched alkanes of at least 4 members (excludes halogenated alkanes) is 2. The fraction of sp³-hybridized carbons (Fsp3) is 0.778. The molecule has 6 heteroatoms. The Hall–Kier alpha value is -0.360. The van der Waals surface area contributed by atoms with Crippen molar-refractivity contribution in [3.63, 3.8) is 0 Å². The molecule has 0 spiro atoms. The Kier molecular flexibility index (Phi) is 5.93. The van der Waals surface area contributed by atoms with Crippen LogP contribution in [-0.4, -0.2) is 26.3 Å². The molecule has 0 aliphatic carbocycles. The van der Waals surface area contributed by atoms with Crippen LogP contribution >= 0.6 is 24.4 Å². The van der Waals surface area contributed by atoms with Gasteiger partial charge in [-0.1, -0.05) is 18.2 Å². The molecule has 86 valence electrons. The molecule has 0 radical (unpaired) electrons. The third kappa shape index (κ3) is 3.95. The second-order valence-corrected chi connectivity index (χ2v) is 4.70. The number of thiol groups is 1. The quantitative estimate of drug-likeness (QED) is 0.439. The van der Waals surface area contributed by atoms with E-state index in [0.29, 0.717) is 6.54 Å². The molecular formula is C9H17N3OS2. The van der Waals surface area contributed by atoms with Crippen molar-refractivity contribution in [1.82, 2.24) is 14.8 Å². The van der Waals surface area contributed by atoms with E-state index in [2.05, 4.69) is 22.8 Å². The minimum atomic E-state index is -0.115. The second-order valence-electron chi connectivity index (χ2n) is 3.19. The number of rotatable bonds is 7. The zero-order chi connectivity index (χ0) is 11.1. The van der Waals surface area contributed by atoms with Gasteiger partial charge in [0, 0.05) is 12.3 Å².